The van der Waals surface area contributed by atoms with Gasteiger partial charge in [0.15, 0.2) is 0 Å². The molecule has 3 fully saturated rings. The van der Waals surface area contributed by atoms with Crippen LogP contribution in [0, 0.1) is 5.41 Å². The van der Waals surface area contributed by atoms with Gasteiger partial charge in [0, 0.05) is 37.6 Å². The van der Waals surface area contributed by atoms with Crippen molar-refractivity contribution >= 4 is 19.1 Å². The third-order valence-electron chi connectivity index (χ3n) is 6.78. The van der Waals surface area contributed by atoms with Crippen LogP contribution in [0.5, 0.6) is 11.5 Å². The maximum Gasteiger partial charge on any atom is 0.522 e. The molecule has 29 heavy (non-hydrogen) atoms. The predicted octanol–water partition coefficient (Wildman–Crippen LogP) is 0.406. The highest BCUT2D eigenvalue weighted by Crippen LogP contribution is 2.56. The van der Waals surface area contributed by atoms with Gasteiger partial charge < -0.3 is 30.2 Å². The molecular formula is C19H24BN3O6. The van der Waals surface area contributed by atoms with Gasteiger partial charge in [-0.25, -0.2) is 9.59 Å². The van der Waals surface area contributed by atoms with Gasteiger partial charge in [-0.1, -0.05) is 6.07 Å². The average molecular weight is 401 g/mol. The topological polar surface area (TPSA) is 126 Å². The van der Waals surface area contributed by atoms with Gasteiger partial charge in [-0.15, -0.1) is 0 Å². The lowest BCUT2D eigenvalue weighted by Crippen LogP contribution is -2.55. The fourth-order valence-corrected chi connectivity index (χ4v) is 5.06. The van der Waals surface area contributed by atoms with Crippen LogP contribution in [-0.4, -0.2) is 77.4 Å². The number of nitrogens with zero attached hydrogens (tertiary/aromatic N) is 2. The van der Waals surface area contributed by atoms with Gasteiger partial charge >= 0.3 is 19.1 Å². The Balaban J connectivity index is 1.23. The molecular weight excluding hydrogens is 377 g/mol. The maximum atomic E-state index is 11.8. The Morgan fingerprint density at radius 2 is 2.14 bits per heavy atom. The third kappa shape index (κ3) is 3.10. The molecule has 3 heterocycles. The quantitative estimate of drug-likeness (QED) is 0.624. The molecule has 1 saturated carbocycles. The summed E-state index contributed by atoms with van der Waals surface area (Å²) in [4.78, 5) is 27.3. The van der Waals surface area contributed by atoms with E-state index in [-0.39, 0.29) is 34.6 Å². The van der Waals surface area contributed by atoms with E-state index in [1.807, 2.05) is 6.07 Å². The summed E-state index contributed by atoms with van der Waals surface area (Å²) < 4.78 is 11.4. The molecule has 3 aliphatic heterocycles. The number of benzene rings is 1. The number of carbonyl (C=O) groups is 2. The van der Waals surface area contributed by atoms with Crippen LogP contribution in [0.1, 0.15) is 28.8 Å². The summed E-state index contributed by atoms with van der Waals surface area (Å²) in [6.45, 7) is 2.90. The van der Waals surface area contributed by atoms with Crippen LogP contribution in [0.25, 0.3) is 0 Å². The monoisotopic (exact) mass is 401 g/mol. The Hall–Kier alpha value is -2.46. The number of aryl methyl sites for hydroxylation is 1. The molecule has 1 unspecified atom stereocenters. The van der Waals surface area contributed by atoms with Crippen LogP contribution < -0.4 is 15.1 Å². The molecule has 4 N–H and O–H groups in total. The van der Waals surface area contributed by atoms with E-state index in [1.54, 1.807) is 11.0 Å². The van der Waals surface area contributed by atoms with Gasteiger partial charge in [-0.2, -0.15) is 0 Å². The molecule has 154 valence electrons. The van der Waals surface area contributed by atoms with E-state index in [0.717, 1.165) is 44.6 Å². The van der Waals surface area contributed by atoms with Crippen LogP contribution in [0.15, 0.2) is 12.1 Å². The standard InChI is InChI=1S/C19H24BN3O6/c21-18(26)22-6-4-19(10-22)7-14(19)23-8-12(9-23)28-13-2-1-11-3-5-20(27)29-16(11)15(13)17(24)25/h1-2,12,14,27H,3-10H2,(H2,21,26)(H,24,25)/t14?,19-/m0/s1. The summed E-state index contributed by atoms with van der Waals surface area (Å²) in [6.07, 6.45) is 2.97. The minimum atomic E-state index is -1.12. The van der Waals surface area contributed by atoms with Crippen molar-refractivity contribution in [1.29, 1.82) is 0 Å². The summed E-state index contributed by atoms with van der Waals surface area (Å²) in [7, 11) is -0.993. The molecule has 2 atom stereocenters. The average Bonchev–Trinajstić information content (AvgIpc) is 3.13. The lowest BCUT2D eigenvalue weighted by Gasteiger charge is -2.40. The Labute approximate surface area is 168 Å². The minimum absolute atomic E-state index is 0.0181. The lowest BCUT2D eigenvalue weighted by molar-refractivity contribution is 0.00501. The van der Waals surface area contributed by atoms with Gasteiger partial charge in [-0.05, 0) is 37.2 Å². The van der Waals surface area contributed by atoms with E-state index in [2.05, 4.69) is 4.90 Å². The number of hydrogen-bond acceptors (Lipinski definition) is 6. The van der Waals surface area contributed by atoms with Crippen LogP contribution in [-0.2, 0) is 6.42 Å². The first kappa shape index (κ1) is 18.6. The number of amides is 2. The second-order valence-electron chi connectivity index (χ2n) is 8.63. The van der Waals surface area contributed by atoms with Crippen molar-refractivity contribution < 1.29 is 29.1 Å². The van der Waals surface area contributed by atoms with Crippen LogP contribution in [0.3, 0.4) is 0 Å². The SMILES string of the molecule is NC(=O)N1CC[C@]2(CC2N2CC(Oc3ccc4c(c3C(=O)O)OB(O)CC4)C2)C1. The van der Waals surface area contributed by atoms with E-state index >= 15 is 0 Å². The molecule has 5 rings (SSSR count). The Kier molecular flexibility index (Phi) is 4.18. The number of primary amides is 1. The number of nitrogens with two attached hydrogens (primary N) is 1. The number of hydrogen-bond donors (Lipinski definition) is 3. The molecule has 2 amide bonds. The predicted molar refractivity (Wildman–Crippen MR) is 103 cm³/mol. The second-order valence-corrected chi connectivity index (χ2v) is 8.63. The fourth-order valence-electron chi connectivity index (χ4n) is 5.06. The summed E-state index contributed by atoms with van der Waals surface area (Å²) in [5.74, 6) is -0.634. The minimum Gasteiger partial charge on any atom is -0.535 e. The highest BCUT2D eigenvalue weighted by molar-refractivity contribution is 6.44. The highest BCUT2D eigenvalue weighted by atomic mass is 16.5. The summed E-state index contributed by atoms with van der Waals surface area (Å²) in [5, 5.41) is 19.4. The second kappa shape index (κ2) is 6.53. The smallest absolute Gasteiger partial charge is 0.522 e. The number of rotatable bonds is 4. The molecule has 10 heteroatoms. The summed E-state index contributed by atoms with van der Waals surface area (Å²) in [5.41, 5.74) is 6.32. The van der Waals surface area contributed by atoms with Crippen molar-refractivity contribution in [2.45, 2.75) is 37.7 Å². The number of aromatic carboxylic acids is 1. The van der Waals surface area contributed by atoms with Gasteiger partial charge in [-0.3, -0.25) is 4.90 Å². The molecule has 9 nitrogen and oxygen atoms in total. The van der Waals surface area contributed by atoms with E-state index in [0.29, 0.717) is 18.8 Å². The van der Waals surface area contributed by atoms with Crippen molar-refractivity contribution in [2.24, 2.45) is 11.1 Å². The maximum absolute atomic E-state index is 11.8. The Morgan fingerprint density at radius 1 is 1.34 bits per heavy atom. The fraction of sp³-hybridized carbons (Fsp3) is 0.579. The zero-order valence-electron chi connectivity index (χ0n) is 16.0. The molecule has 0 aromatic heterocycles. The molecule has 1 aromatic rings. The van der Waals surface area contributed by atoms with Crippen LogP contribution in [0.4, 0.5) is 4.79 Å². The largest absolute Gasteiger partial charge is 0.535 e. The van der Waals surface area contributed by atoms with Gasteiger partial charge in [0.1, 0.15) is 23.2 Å². The summed E-state index contributed by atoms with van der Waals surface area (Å²) >= 11 is 0. The van der Waals surface area contributed by atoms with Crippen LogP contribution >= 0.6 is 0 Å². The van der Waals surface area contributed by atoms with Crippen LogP contribution in [0.2, 0.25) is 6.32 Å². The van der Waals surface area contributed by atoms with E-state index in [9.17, 15) is 19.7 Å². The molecule has 1 spiro atoms. The number of carboxylic acid groups (broad SMARTS) is 1. The van der Waals surface area contributed by atoms with Gasteiger partial charge in [0.25, 0.3) is 0 Å². The van der Waals surface area contributed by atoms with Gasteiger partial charge in [0.2, 0.25) is 0 Å². The lowest BCUT2D eigenvalue weighted by atomic mass is 9.78. The number of carboxylic acids is 1. The number of likely N-dealkylation sites (tertiary alicyclic amines) is 2. The van der Waals surface area contributed by atoms with Crippen molar-refractivity contribution in [3.05, 3.63) is 23.3 Å². The normalized spacial score (nSPS) is 28.7. The number of carbonyl (C=O) groups excluding carboxylic acids is 1. The molecule has 0 bridgehead atoms. The zero-order valence-corrected chi connectivity index (χ0v) is 16.0. The van der Waals surface area contributed by atoms with Crippen molar-refractivity contribution in [1.82, 2.24) is 9.80 Å². The zero-order chi connectivity index (χ0) is 20.3. The Morgan fingerprint density at radius 3 is 2.83 bits per heavy atom. The summed E-state index contributed by atoms with van der Waals surface area (Å²) in [6, 6.07) is 3.59. The van der Waals surface area contributed by atoms with Crippen molar-refractivity contribution in [3.63, 3.8) is 0 Å². The first-order valence-corrected chi connectivity index (χ1v) is 10.1. The van der Waals surface area contributed by atoms with E-state index < -0.39 is 13.1 Å². The first-order valence-electron chi connectivity index (χ1n) is 10.1. The number of urea groups is 1. The molecule has 4 aliphatic rings. The van der Waals surface area contributed by atoms with Crippen molar-refractivity contribution in [2.75, 3.05) is 26.2 Å². The van der Waals surface area contributed by atoms with E-state index in [1.165, 1.54) is 0 Å². The number of ether oxygens (including phenoxy) is 1. The third-order valence-corrected chi connectivity index (χ3v) is 6.78. The van der Waals surface area contributed by atoms with Gasteiger partial charge in [0.05, 0.1) is 0 Å². The Bertz CT molecular complexity index is 876. The molecule has 2 saturated heterocycles. The highest BCUT2D eigenvalue weighted by Gasteiger charge is 2.62. The van der Waals surface area contributed by atoms with E-state index in [4.69, 9.17) is 15.1 Å². The molecule has 0 radical (unpaired) electrons. The first-order chi connectivity index (χ1) is 13.9. The molecule has 1 aliphatic carbocycles. The van der Waals surface area contributed by atoms with Crippen molar-refractivity contribution in [3.8, 4) is 11.5 Å². The number of fused-ring (bicyclic) bond motifs is 1. The molecule has 1 aromatic carbocycles.